The highest BCUT2D eigenvalue weighted by Crippen LogP contribution is 2.35. The molecule has 2 N–H and O–H groups in total. The van der Waals surface area contributed by atoms with Gasteiger partial charge in [0.25, 0.3) is 0 Å². The lowest BCUT2D eigenvalue weighted by Gasteiger charge is -2.03. The van der Waals surface area contributed by atoms with E-state index >= 15 is 0 Å². The van der Waals surface area contributed by atoms with E-state index in [-0.39, 0.29) is 0 Å². The van der Waals surface area contributed by atoms with Gasteiger partial charge >= 0.3 is 0 Å². The first-order valence-electron chi connectivity index (χ1n) is 4.60. The molecule has 0 aliphatic rings. The van der Waals surface area contributed by atoms with Crippen molar-refractivity contribution >= 4 is 40.5 Å². The van der Waals surface area contributed by atoms with Gasteiger partial charge in [-0.3, -0.25) is 0 Å². The highest BCUT2D eigenvalue weighted by Gasteiger charge is 2.07. The summed E-state index contributed by atoms with van der Waals surface area (Å²) in [5.41, 5.74) is 7.91. The van der Waals surface area contributed by atoms with Gasteiger partial charge in [-0.15, -0.1) is 10.2 Å². The van der Waals surface area contributed by atoms with Crippen molar-refractivity contribution in [1.82, 2.24) is 10.2 Å². The lowest BCUT2D eigenvalue weighted by Crippen LogP contribution is -1.88. The normalized spacial score (nSPS) is 10.6. The molecule has 0 unspecified atom stereocenters. The lowest BCUT2D eigenvalue weighted by molar-refractivity contribution is 0.956. The monoisotopic (exact) mass is 269 g/mol. The lowest BCUT2D eigenvalue weighted by atomic mass is 10.2. The maximum Gasteiger partial charge on any atom is 0.179 e. The third-order valence-corrected chi connectivity index (χ3v) is 4.97. The van der Waals surface area contributed by atoms with Gasteiger partial charge in [0.1, 0.15) is 0 Å². The zero-order valence-corrected chi connectivity index (χ0v) is 11.4. The van der Waals surface area contributed by atoms with Gasteiger partial charge in [0, 0.05) is 10.6 Å². The van der Waals surface area contributed by atoms with E-state index < -0.39 is 0 Å². The van der Waals surface area contributed by atoms with E-state index in [1.54, 1.807) is 34.9 Å². The Labute approximate surface area is 107 Å². The van der Waals surface area contributed by atoms with E-state index in [4.69, 9.17) is 5.73 Å². The molecule has 1 heterocycles. The van der Waals surface area contributed by atoms with E-state index in [0.717, 1.165) is 19.3 Å². The number of anilines is 1. The van der Waals surface area contributed by atoms with Crippen LogP contribution in [0.15, 0.2) is 31.8 Å². The Hall–Kier alpha value is -0.720. The summed E-state index contributed by atoms with van der Waals surface area (Å²) in [5, 5.41) is 8.15. The van der Waals surface area contributed by atoms with Crippen LogP contribution >= 0.6 is 34.9 Å². The van der Waals surface area contributed by atoms with Gasteiger partial charge in [-0.25, -0.2) is 0 Å². The second-order valence-corrected chi connectivity index (χ2v) is 6.50. The number of hydrogen-bond acceptors (Lipinski definition) is 6. The summed E-state index contributed by atoms with van der Waals surface area (Å²) in [6, 6.07) is 6.05. The highest BCUT2D eigenvalue weighted by molar-refractivity contribution is 8.03. The summed E-state index contributed by atoms with van der Waals surface area (Å²) < 4.78 is 1.91. The van der Waals surface area contributed by atoms with E-state index in [1.165, 1.54) is 5.56 Å². The molecule has 0 radical (unpaired) electrons. The summed E-state index contributed by atoms with van der Waals surface area (Å²) in [6.07, 6.45) is 2.00. The molecular formula is C10H11N3S3. The number of rotatable bonds is 3. The topological polar surface area (TPSA) is 51.8 Å². The second kappa shape index (κ2) is 5.07. The van der Waals surface area contributed by atoms with E-state index in [0.29, 0.717) is 0 Å². The number of aromatic nitrogens is 2. The van der Waals surface area contributed by atoms with Crippen molar-refractivity contribution in [2.75, 3.05) is 12.0 Å². The van der Waals surface area contributed by atoms with Gasteiger partial charge in [0.05, 0.1) is 0 Å². The fourth-order valence-corrected chi connectivity index (χ4v) is 3.59. The molecule has 0 saturated carbocycles. The molecule has 84 valence electrons. The molecule has 16 heavy (non-hydrogen) atoms. The molecule has 0 saturated heterocycles. The van der Waals surface area contributed by atoms with Gasteiger partial charge < -0.3 is 5.73 Å². The number of aryl methyl sites for hydroxylation is 1. The largest absolute Gasteiger partial charge is 0.398 e. The molecule has 2 rings (SSSR count). The Balaban J connectivity index is 2.20. The average Bonchev–Trinajstić information content (AvgIpc) is 2.70. The third kappa shape index (κ3) is 2.69. The first kappa shape index (κ1) is 11.8. The maximum absolute atomic E-state index is 5.94. The van der Waals surface area contributed by atoms with Crippen LogP contribution in [0.4, 0.5) is 5.69 Å². The summed E-state index contributed by atoms with van der Waals surface area (Å²) >= 11 is 4.76. The molecule has 6 heteroatoms. The van der Waals surface area contributed by atoms with Crippen LogP contribution in [0.3, 0.4) is 0 Å². The van der Waals surface area contributed by atoms with Crippen LogP contribution < -0.4 is 5.73 Å². The van der Waals surface area contributed by atoms with Crippen molar-refractivity contribution in [3.05, 3.63) is 23.8 Å². The molecule has 0 aliphatic heterocycles. The van der Waals surface area contributed by atoms with Crippen molar-refractivity contribution in [2.45, 2.75) is 20.5 Å². The second-order valence-electron chi connectivity index (χ2n) is 3.18. The standard InChI is InChI=1S/C10H11N3S3/c1-6-3-4-8(7(11)5-6)15-10-13-12-9(14-2)16-10/h3-5H,11H2,1-2H3. The fraction of sp³-hybridized carbons (Fsp3) is 0.200. The fourth-order valence-electron chi connectivity index (χ4n) is 1.18. The third-order valence-electron chi connectivity index (χ3n) is 1.93. The Kier molecular flexibility index (Phi) is 3.73. The van der Waals surface area contributed by atoms with Crippen LogP contribution in [0.1, 0.15) is 5.56 Å². The number of nitrogens with zero attached hydrogens (tertiary/aromatic N) is 2. The predicted molar refractivity (Wildman–Crippen MR) is 71.4 cm³/mol. The molecule has 0 aliphatic carbocycles. The predicted octanol–water partition coefficient (Wildman–Crippen LogP) is 3.30. The maximum atomic E-state index is 5.94. The molecule has 2 aromatic rings. The minimum atomic E-state index is 0.797. The zero-order valence-electron chi connectivity index (χ0n) is 8.93. The van der Waals surface area contributed by atoms with Crippen LogP contribution in [-0.4, -0.2) is 16.5 Å². The summed E-state index contributed by atoms with van der Waals surface area (Å²) in [6.45, 7) is 2.03. The minimum absolute atomic E-state index is 0.797. The first-order valence-corrected chi connectivity index (χ1v) is 7.46. The van der Waals surface area contributed by atoms with Crippen molar-refractivity contribution in [3.8, 4) is 0 Å². The molecule has 0 amide bonds. The summed E-state index contributed by atoms with van der Waals surface area (Å²) in [4.78, 5) is 1.04. The van der Waals surface area contributed by atoms with Crippen molar-refractivity contribution in [3.63, 3.8) is 0 Å². The van der Waals surface area contributed by atoms with Crippen molar-refractivity contribution in [1.29, 1.82) is 0 Å². The van der Waals surface area contributed by atoms with Crippen LogP contribution in [0.2, 0.25) is 0 Å². The van der Waals surface area contributed by atoms with E-state index in [9.17, 15) is 0 Å². The number of nitrogen functional groups attached to an aromatic ring is 1. The zero-order chi connectivity index (χ0) is 11.5. The van der Waals surface area contributed by atoms with Crippen molar-refractivity contribution in [2.24, 2.45) is 0 Å². The quantitative estimate of drug-likeness (QED) is 0.684. The molecular weight excluding hydrogens is 258 g/mol. The Morgan fingerprint density at radius 3 is 2.62 bits per heavy atom. The van der Waals surface area contributed by atoms with Gasteiger partial charge in [0.15, 0.2) is 8.68 Å². The smallest absolute Gasteiger partial charge is 0.179 e. The average molecular weight is 269 g/mol. The van der Waals surface area contributed by atoms with Gasteiger partial charge in [0.2, 0.25) is 0 Å². The SMILES string of the molecule is CSc1nnc(Sc2ccc(C)cc2N)s1. The van der Waals surface area contributed by atoms with E-state index in [1.807, 2.05) is 25.3 Å². The molecule has 1 aromatic carbocycles. The number of benzene rings is 1. The molecule has 1 aromatic heterocycles. The molecule has 0 spiro atoms. The number of nitrogens with two attached hydrogens (primary N) is 1. The Morgan fingerprint density at radius 1 is 1.25 bits per heavy atom. The van der Waals surface area contributed by atoms with Crippen LogP contribution in [0.5, 0.6) is 0 Å². The molecule has 0 fully saturated rings. The Morgan fingerprint density at radius 2 is 2.00 bits per heavy atom. The minimum Gasteiger partial charge on any atom is -0.398 e. The molecule has 3 nitrogen and oxygen atoms in total. The van der Waals surface area contributed by atoms with Gasteiger partial charge in [-0.2, -0.15) is 0 Å². The molecule has 0 atom stereocenters. The van der Waals surface area contributed by atoms with Crippen LogP contribution in [-0.2, 0) is 0 Å². The Bertz CT molecular complexity index is 496. The van der Waals surface area contributed by atoms with Crippen LogP contribution in [0.25, 0.3) is 0 Å². The van der Waals surface area contributed by atoms with Crippen molar-refractivity contribution < 1.29 is 0 Å². The van der Waals surface area contributed by atoms with E-state index in [2.05, 4.69) is 16.3 Å². The highest BCUT2D eigenvalue weighted by atomic mass is 32.2. The van der Waals surface area contributed by atoms with Crippen LogP contribution in [0, 0.1) is 6.92 Å². The summed E-state index contributed by atoms with van der Waals surface area (Å²) in [5.74, 6) is 0. The molecule has 0 bridgehead atoms. The summed E-state index contributed by atoms with van der Waals surface area (Å²) in [7, 11) is 0. The first-order chi connectivity index (χ1) is 7.69. The number of hydrogen-bond donors (Lipinski definition) is 1. The number of thioether (sulfide) groups is 1. The van der Waals surface area contributed by atoms with Gasteiger partial charge in [-0.05, 0) is 30.9 Å². The van der Waals surface area contributed by atoms with Gasteiger partial charge in [-0.1, -0.05) is 40.9 Å².